The van der Waals surface area contributed by atoms with Gasteiger partial charge in [0.25, 0.3) is 0 Å². The molecular weight excluding hydrogens is 356 g/mol. The lowest BCUT2D eigenvalue weighted by Gasteiger charge is -2.19. The third-order valence-electron chi connectivity index (χ3n) is 4.41. The minimum Gasteiger partial charge on any atom is -0.296 e. The zero-order valence-electron chi connectivity index (χ0n) is 16.3. The Labute approximate surface area is 165 Å². The van der Waals surface area contributed by atoms with E-state index < -0.39 is 0 Å². The van der Waals surface area contributed by atoms with Crippen LogP contribution >= 0.6 is 0 Å². The Morgan fingerprint density at radius 3 is 1.50 bits per heavy atom. The van der Waals surface area contributed by atoms with Crippen molar-refractivity contribution in [2.45, 2.75) is 26.2 Å². The molecule has 0 fully saturated rings. The summed E-state index contributed by atoms with van der Waals surface area (Å²) in [7, 11) is 3.99. The lowest BCUT2D eigenvalue weighted by atomic mass is 10.2. The van der Waals surface area contributed by atoms with Gasteiger partial charge in [0, 0.05) is 26.2 Å². The maximum Gasteiger partial charge on any atom is 0.123 e. The van der Waals surface area contributed by atoms with Gasteiger partial charge in [-0.1, -0.05) is 30.3 Å². The van der Waals surface area contributed by atoms with Crippen molar-refractivity contribution >= 4 is 0 Å². The molecule has 0 aliphatic heterocycles. The number of nitrogens with zero attached hydrogens (tertiary/aromatic N) is 3. The van der Waals surface area contributed by atoms with Crippen molar-refractivity contribution in [2.24, 2.45) is 0 Å². The first-order valence-corrected chi connectivity index (χ1v) is 9.29. The van der Waals surface area contributed by atoms with Crippen LogP contribution in [-0.4, -0.2) is 28.9 Å². The van der Waals surface area contributed by atoms with Crippen molar-refractivity contribution in [3.8, 4) is 0 Å². The van der Waals surface area contributed by atoms with Crippen LogP contribution in [0.3, 0.4) is 0 Å². The van der Waals surface area contributed by atoms with Crippen molar-refractivity contribution in [3.63, 3.8) is 0 Å². The van der Waals surface area contributed by atoms with E-state index in [0.29, 0.717) is 26.2 Å². The van der Waals surface area contributed by atoms with Crippen LogP contribution in [0.25, 0.3) is 0 Å². The second-order valence-electron chi connectivity index (χ2n) is 7.22. The standard InChI is InChI=1S/C23H25F2N3/c1-27(14-18-6-3-8-20(24)12-18)16-22-10-5-11-23(26-22)17-28(2)15-19-7-4-9-21(25)13-19/h3-13H,14-17H2,1-2H3. The number of hydrogen-bond donors (Lipinski definition) is 0. The van der Waals surface area contributed by atoms with Gasteiger partial charge in [-0.3, -0.25) is 14.8 Å². The second-order valence-corrected chi connectivity index (χ2v) is 7.22. The number of benzene rings is 2. The molecular formula is C23H25F2N3. The van der Waals surface area contributed by atoms with Crippen molar-refractivity contribution < 1.29 is 8.78 Å². The first kappa shape index (κ1) is 20.1. The Kier molecular flexibility index (Phi) is 6.85. The molecule has 0 unspecified atom stereocenters. The average Bonchev–Trinajstić information content (AvgIpc) is 2.61. The quantitative estimate of drug-likeness (QED) is 0.567. The van der Waals surface area contributed by atoms with Gasteiger partial charge in [-0.2, -0.15) is 0 Å². The summed E-state index contributed by atoms with van der Waals surface area (Å²) in [6.07, 6.45) is 0. The zero-order valence-corrected chi connectivity index (χ0v) is 16.3. The van der Waals surface area contributed by atoms with Crippen molar-refractivity contribution in [1.29, 1.82) is 0 Å². The van der Waals surface area contributed by atoms with Crippen LogP contribution in [0.4, 0.5) is 8.78 Å². The lowest BCUT2D eigenvalue weighted by molar-refractivity contribution is 0.305. The molecule has 28 heavy (non-hydrogen) atoms. The molecule has 1 heterocycles. The van der Waals surface area contributed by atoms with Crippen LogP contribution in [0.15, 0.2) is 66.7 Å². The number of pyridine rings is 1. The smallest absolute Gasteiger partial charge is 0.123 e. The molecule has 0 amide bonds. The second kappa shape index (κ2) is 9.53. The summed E-state index contributed by atoms with van der Waals surface area (Å²) >= 11 is 0. The zero-order chi connectivity index (χ0) is 19.9. The van der Waals surface area contributed by atoms with E-state index in [0.717, 1.165) is 22.5 Å². The molecule has 0 aliphatic rings. The fourth-order valence-corrected chi connectivity index (χ4v) is 3.26. The highest BCUT2D eigenvalue weighted by molar-refractivity contribution is 5.18. The van der Waals surface area contributed by atoms with Crippen LogP contribution < -0.4 is 0 Å². The Hall–Kier alpha value is -2.63. The lowest BCUT2D eigenvalue weighted by Crippen LogP contribution is -2.20. The molecule has 0 N–H and O–H groups in total. The van der Waals surface area contributed by atoms with Crippen LogP contribution in [-0.2, 0) is 26.2 Å². The third-order valence-corrected chi connectivity index (χ3v) is 4.41. The van der Waals surface area contributed by atoms with Crippen molar-refractivity contribution in [1.82, 2.24) is 14.8 Å². The van der Waals surface area contributed by atoms with Gasteiger partial charge in [0.1, 0.15) is 11.6 Å². The summed E-state index contributed by atoms with van der Waals surface area (Å²) in [6, 6.07) is 19.3. The highest BCUT2D eigenvalue weighted by atomic mass is 19.1. The highest BCUT2D eigenvalue weighted by Crippen LogP contribution is 2.11. The van der Waals surface area contributed by atoms with Gasteiger partial charge < -0.3 is 0 Å². The molecule has 146 valence electrons. The molecule has 1 aromatic heterocycles. The molecule has 3 aromatic rings. The molecule has 0 saturated carbocycles. The van der Waals surface area contributed by atoms with E-state index in [1.165, 1.54) is 12.1 Å². The Bertz CT molecular complexity index is 843. The monoisotopic (exact) mass is 381 g/mol. The molecule has 3 rings (SSSR count). The van der Waals surface area contributed by atoms with Gasteiger partial charge in [-0.05, 0) is 61.6 Å². The number of halogens is 2. The third kappa shape index (κ3) is 6.22. The maximum atomic E-state index is 13.3. The van der Waals surface area contributed by atoms with Crippen molar-refractivity contribution in [3.05, 3.63) is 101 Å². The summed E-state index contributed by atoms with van der Waals surface area (Å²) < 4.78 is 26.7. The van der Waals surface area contributed by atoms with E-state index in [1.807, 2.05) is 44.4 Å². The Morgan fingerprint density at radius 1 is 0.643 bits per heavy atom. The largest absolute Gasteiger partial charge is 0.296 e. The van der Waals surface area contributed by atoms with E-state index in [-0.39, 0.29) is 11.6 Å². The van der Waals surface area contributed by atoms with Gasteiger partial charge in [0.2, 0.25) is 0 Å². The molecule has 5 heteroatoms. The Morgan fingerprint density at radius 2 is 1.07 bits per heavy atom. The summed E-state index contributed by atoms with van der Waals surface area (Å²) in [6.45, 7) is 2.67. The summed E-state index contributed by atoms with van der Waals surface area (Å²) in [4.78, 5) is 8.96. The predicted octanol–water partition coefficient (Wildman–Crippen LogP) is 4.62. The minimum atomic E-state index is -0.215. The molecule has 0 bridgehead atoms. The van der Waals surface area contributed by atoms with Crippen LogP contribution in [0.1, 0.15) is 22.5 Å². The molecule has 2 aromatic carbocycles. The van der Waals surface area contributed by atoms with Crippen LogP contribution in [0.2, 0.25) is 0 Å². The number of rotatable bonds is 8. The SMILES string of the molecule is CN(Cc1cccc(F)c1)Cc1cccc(CN(C)Cc2cccc(F)c2)n1. The topological polar surface area (TPSA) is 19.4 Å². The number of aromatic nitrogens is 1. The summed E-state index contributed by atoms with van der Waals surface area (Å²) in [5, 5.41) is 0. The summed E-state index contributed by atoms with van der Waals surface area (Å²) in [5.74, 6) is -0.431. The van der Waals surface area contributed by atoms with E-state index in [4.69, 9.17) is 4.98 Å². The van der Waals surface area contributed by atoms with Gasteiger partial charge in [-0.25, -0.2) is 8.78 Å². The molecule has 0 saturated heterocycles. The molecule has 0 atom stereocenters. The molecule has 0 radical (unpaired) electrons. The fraction of sp³-hybridized carbons (Fsp3) is 0.261. The van der Waals surface area contributed by atoms with Gasteiger partial charge in [-0.15, -0.1) is 0 Å². The maximum absolute atomic E-state index is 13.3. The van der Waals surface area contributed by atoms with E-state index in [2.05, 4.69) is 9.80 Å². The number of hydrogen-bond acceptors (Lipinski definition) is 3. The first-order valence-electron chi connectivity index (χ1n) is 9.29. The van der Waals surface area contributed by atoms with E-state index in [1.54, 1.807) is 24.3 Å². The van der Waals surface area contributed by atoms with Crippen molar-refractivity contribution in [2.75, 3.05) is 14.1 Å². The fourth-order valence-electron chi connectivity index (χ4n) is 3.26. The van der Waals surface area contributed by atoms with Gasteiger partial charge >= 0.3 is 0 Å². The molecule has 3 nitrogen and oxygen atoms in total. The molecule has 0 aliphatic carbocycles. The normalized spacial score (nSPS) is 11.4. The van der Waals surface area contributed by atoms with E-state index in [9.17, 15) is 8.78 Å². The average molecular weight is 381 g/mol. The molecule has 0 spiro atoms. The predicted molar refractivity (Wildman–Crippen MR) is 107 cm³/mol. The van der Waals surface area contributed by atoms with Gasteiger partial charge in [0.05, 0.1) is 11.4 Å². The minimum absolute atomic E-state index is 0.215. The summed E-state index contributed by atoms with van der Waals surface area (Å²) in [5.41, 5.74) is 3.81. The van der Waals surface area contributed by atoms with Crippen LogP contribution in [0.5, 0.6) is 0 Å². The van der Waals surface area contributed by atoms with E-state index >= 15 is 0 Å². The highest BCUT2D eigenvalue weighted by Gasteiger charge is 2.07. The van der Waals surface area contributed by atoms with Crippen LogP contribution in [0, 0.1) is 11.6 Å². The Balaban J connectivity index is 1.57. The van der Waals surface area contributed by atoms with Gasteiger partial charge in [0.15, 0.2) is 0 Å². The first-order chi connectivity index (χ1) is 13.5.